The first-order valence-corrected chi connectivity index (χ1v) is 7.70. The molecule has 1 amide bonds. The van der Waals surface area contributed by atoms with Gasteiger partial charge in [-0.2, -0.15) is 0 Å². The van der Waals surface area contributed by atoms with Crippen molar-refractivity contribution in [3.63, 3.8) is 0 Å². The first kappa shape index (κ1) is 15.0. The summed E-state index contributed by atoms with van der Waals surface area (Å²) >= 11 is 0. The number of hydrogen-bond acceptors (Lipinski definition) is 2. The molecule has 1 aliphatic rings. The average molecular weight is 274 g/mol. The molecule has 0 radical (unpaired) electrons. The van der Waals surface area contributed by atoms with Gasteiger partial charge in [-0.25, -0.2) is 0 Å². The van der Waals surface area contributed by atoms with Crippen LogP contribution in [0.25, 0.3) is 0 Å². The Morgan fingerprint density at radius 3 is 2.45 bits per heavy atom. The van der Waals surface area contributed by atoms with Crippen molar-refractivity contribution in [2.45, 2.75) is 33.2 Å². The second-order valence-corrected chi connectivity index (χ2v) is 5.76. The largest absolute Gasteiger partial charge is 0.343 e. The Morgan fingerprint density at radius 2 is 1.90 bits per heavy atom. The van der Waals surface area contributed by atoms with Gasteiger partial charge in [0.05, 0.1) is 0 Å². The summed E-state index contributed by atoms with van der Waals surface area (Å²) in [6.45, 7) is 8.85. The van der Waals surface area contributed by atoms with Crippen molar-refractivity contribution in [3.8, 4) is 0 Å². The molecule has 20 heavy (non-hydrogen) atoms. The summed E-state index contributed by atoms with van der Waals surface area (Å²) in [7, 11) is 0. The first-order chi connectivity index (χ1) is 9.69. The van der Waals surface area contributed by atoms with Gasteiger partial charge in [-0.15, -0.1) is 0 Å². The van der Waals surface area contributed by atoms with E-state index in [9.17, 15) is 4.79 Å². The van der Waals surface area contributed by atoms with Crippen LogP contribution in [-0.2, 0) is 11.3 Å². The van der Waals surface area contributed by atoms with Gasteiger partial charge in [-0.3, -0.25) is 9.69 Å². The third kappa shape index (κ3) is 4.34. The second kappa shape index (κ2) is 7.44. The van der Waals surface area contributed by atoms with Crippen LogP contribution >= 0.6 is 0 Å². The molecular weight excluding hydrogens is 248 g/mol. The Morgan fingerprint density at radius 1 is 1.25 bits per heavy atom. The molecule has 0 spiro atoms. The van der Waals surface area contributed by atoms with Gasteiger partial charge < -0.3 is 4.90 Å². The molecule has 2 rings (SSSR count). The molecule has 110 valence electrons. The Hall–Kier alpha value is -1.35. The van der Waals surface area contributed by atoms with Gasteiger partial charge in [-0.05, 0) is 44.3 Å². The van der Waals surface area contributed by atoms with Crippen LogP contribution in [-0.4, -0.2) is 41.9 Å². The molecule has 3 heteroatoms. The SMILES string of the molecule is CCN(CC1CCN(Cc2ccccc2)CC1)C(C)=O. The lowest BCUT2D eigenvalue weighted by Gasteiger charge is -2.34. The quantitative estimate of drug-likeness (QED) is 0.824. The summed E-state index contributed by atoms with van der Waals surface area (Å²) in [5.74, 6) is 0.880. The van der Waals surface area contributed by atoms with Crippen molar-refractivity contribution >= 4 is 5.91 Å². The maximum atomic E-state index is 11.5. The molecule has 0 N–H and O–H groups in total. The van der Waals surface area contributed by atoms with Crippen LogP contribution in [0.4, 0.5) is 0 Å². The number of likely N-dealkylation sites (tertiary alicyclic amines) is 1. The third-order valence-electron chi connectivity index (χ3n) is 4.26. The van der Waals surface area contributed by atoms with E-state index in [-0.39, 0.29) is 5.91 Å². The summed E-state index contributed by atoms with van der Waals surface area (Å²) in [6.07, 6.45) is 2.41. The number of carbonyl (C=O) groups is 1. The zero-order valence-electron chi connectivity index (χ0n) is 12.7. The van der Waals surface area contributed by atoms with Crippen LogP contribution < -0.4 is 0 Å². The van der Waals surface area contributed by atoms with Gasteiger partial charge in [0, 0.05) is 26.6 Å². The number of benzene rings is 1. The van der Waals surface area contributed by atoms with E-state index in [0.717, 1.165) is 32.7 Å². The van der Waals surface area contributed by atoms with Crippen LogP contribution in [0.15, 0.2) is 30.3 Å². The van der Waals surface area contributed by atoms with E-state index < -0.39 is 0 Å². The van der Waals surface area contributed by atoms with E-state index in [1.54, 1.807) is 6.92 Å². The molecule has 1 saturated heterocycles. The van der Waals surface area contributed by atoms with Crippen LogP contribution in [0.3, 0.4) is 0 Å². The Labute approximate surface area is 122 Å². The summed E-state index contributed by atoms with van der Waals surface area (Å²) < 4.78 is 0. The smallest absolute Gasteiger partial charge is 0.219 e. The zero-order chi connectivity index (χ0) is 14.4. The molecular formula is C17H26N2O. The van der Waals surface area contributed by atoms with Gasteiger partial charge in [0.15, 0.2) is 0 Å². The van der Waals surface area contributed by atoms with E-state index in [0.29, 0.717) is 5.92 Å². The monoisotopic (exact) mass is 274 g/mol. The van der Waals surface area contributed by atoms with Crippen LogP contribution in [0, 0.1) is 5.92 Å². The van der Waals surface area contributed by atoms with Crippen molar-refractivity contribution < 1.29 is 4.79 Å². The Balaban J connectivity index is 1.76. The van der Waals surface area contributed by atoms with Crippen LogP contribution in [0.5, 0.6) is 0 Å². The Kier molecular flexibility index (Phi) is 5.60. The summed E-state index contributed by atoms with van der Waals surface area (Å²) in [5, 5.41) is 0. The highest BCUT2D eigenvalue weighted by Gasteiger charge is 2.21. The Bertz CT molecular complexity index is 410. The maximum absolute atomic E-state index is 11.5. The van der Waals surface area contributed by atoms with E-state index in [2.05, 4.69) is 42.2 Å². The minimum atomic E-state index is 0.208. The molecule has 0 aromatic heterocycles. The summed E-state index contributed by atoms with van der Waals surface area (Å²) in [5.41, 5.74) is 1.39. The lowest BCUT2D eigenvalue weighted by molar-refractivity contribution is -0.129. The molecule has 3 nitrogen and oxygen atoms in total. The van der Waals surface area contributed by atoms with Gasteiger partial charge in [0.2, 0.25) is 5.91 Å². The lowest BCUT2D eigenvalue weighted by atomic mass is 9.95. The molecule has 1 aliphatic heterocycles. The molecule has 1 aromatic rings. The molecule has 0 saturated carbocycles. The van der Waals surface area contributed by atoms with Crippen molar-refractivity contribution in [2.75, 3.05) is 26.2 Å². The molecule has 0 bridgehead atoms. The molecule has 0 aliphatic carbocycles. The number of amides is 1. The fourth-order valence-electron chi connectivity index (χ4n) is 2.96. The van der Waals surface area contributed by atoms with Crippen molar-refractivity contribution in [1.82, 2.24) is 9.80 Å². The van der Waals surface area contributed by atoms with Crippen molar-refractivity contribution in [3.05, 3.63) is 35.9 Å². The standard InChI is InChI=1S/C17H26N2O/c1-3-19(15(2)20)14-17-9-11-18(12-10-17)13-16-7-5-4-6-8-16/h4-8,17H,3,9-14H2,1-2H3. The molecule has 1 aromatic carbocycles. The minimum absolute atomic E-state index is 0.208. The van der Waals surface area contributed by atoms with Crippen LogP contribution in [0.1, 0.15) is 32.3 Å². The highest BCUT2D eigenvalue weighted by atomic mass is 16.2. The van der Waals surface area contributed by atoms with Gasteiger partial charge in [0.1, 0.15) is 0 Å². The zero-order valence-corrected chi connectivity index (χ0v) is 12.7. The molecule has 1 fully saturated rings. The third-order valence-corrected chi connectivity index (χ3v) is 4.26. The maximum Gasteiger partial charge on any atom is 0.219 e. The molecule has 1 heterocycles. The topological polar surface area (TPSA) is 23.6 Å². The number of nitrogens with zero attached hydrogens (tertiary/aromatic N) is 2. The molecule has 0 atom stereocenters. The van der Waals surface area contributed by atoms with Crippen LogP contribution in [0.2, 0.25) is 0 Å². The number of carbonyl (C=O) groups excluding carboxylic acids is 1. The minimum Gasteiger partial charge on any atom is -0.343 e. The van der Waals surface area contributed by atoms with E-state index in [1.165, 1.54) is 18.4 Å². The van der Waals surface area contributed by atoms with E-state index in [4.69, 9.17) is 0 Å². The van der Waals surface area contributed by atoms with Crippen molar-refractivity contribution in [2.24, 2.45) is 5.92 Å². The molecule has 0 unspecified atom stereocenters. The van der Waals surface area contributed by atoms with E-state index in [1.807, 2.05) is 4.90 Å². The number of hydrogen-bond donors (Lipinski definition) is 0. The van der Waals surface area contributed by atoms with Crippen molar-refractivity contribution in [1.29, 1.82) is 0 Å². The van der Waals surface area contributed by atoms with Gasteiger partial charge in [-0.1, -0.05) is 30.3 Å². The van der Waals surface area contributed by atoms with E-state index >= 15 is 0 Å². The fraction of sp³-hybridized carbons (Fsp3) is 0.588. The highest BCUT2D eigenvalue weighted by Crippen LogP contribution is 2.20. The normalized spacial score (nSPS) is 17.1. The average Bonchev–Trinajstić information content (AvgIpc) is 2.47. The summed E-state index contributed by atoms with van der Waals surface area (Å²) in [4.78, 5) is 16.0. The predicted octanol–water partition coefficient (Wildman–Crippen LogP) is 2.77. The number of piperidine rings is 1. The fourth-order valence-corrected chi connectivity index (χ4v) is 2.96. The summed E-state index contributed by atoms with van der Waals surface area (Å²) in [6, 6.07) is 10.7. The first-order valence-electron chi connectivity index (χ1n) is 7.70. The second-order valence-electron chi connectivity index (χ2n) is 5.76. The lowest BCUT2D eigenvalue weighted by Crippen LogP contribution is -2.39. The highest BCUT2D eigenvalue weighted by molar-refractivity contribution is 5.73. The van der Waals surface area contributed by atoms with Gasteiger partial charge in [0.25, 0.3) is 0 Å². The predicted molar refractivity (Wildman–Crippen MR) is 82.4 cm³/mol. The number of rotatable bonds is 5. The van der Waals surface area contributed by atoms with Gasteiger partial charge >= 0.3 is 0 Å².